The fourth-order valence-corrected chi connectivity index (χ4v) is 4.19. The van der Waals surface area contributed by atoms with Crippen molar-refractivity contribution >= 4 is 5.96 Å². The molecule has 2 rings (SSSR count). The van der Waals surface area contributed by atoms with Gasteiger partial charge in [-0.25, -0.2) is 0 Å². The number of ether oxygens (including phenoxy) is 3. The van der Waals surface area contributed by atoms with E-state index in [1.54, 1.807) is 0 Å². The standard InChI is InChI=1S/C22H43N3O3/c1-3-23-22(24-13-7-15-27-18-19-11-16-26-17-12-19)25-14-10-21(28-4-2)20-8-5-6-9-20/h19-21H,3-18H2,1-2H3,(H2,23,24,25). The van der Waals surface area contributed by atoms with Crippen LogP contribution in [0.15, 0.2) is 4.99 Å². The molecule has 0 radical (unpaired) electrons. The van der Waals surface area contributed by atoms with E-state index in [9.17, 15) is 0 Å². The Morgan fingerprint density at radius 2 is 1.89 bits per heavy atom. The first-order valence-electron chi connectivity index (χ1n) is 11.6. The normalized spacial score (nSPS) is 20.4. The number of aliphatic imine (C=N–C) groups is 1. The van der Waals surface area contributed by atoms with Gasteiger partial charge in [0.2, 0.25) is 0 Å². The van der Waals surface area contributed by atoms with E-state index in [1.165, 1.54) is 25.7 Å². The van der Waals surface area contributed by atoms with E-state index in [4.69, 9.17) is 19.2 Å². The smallest absolute Gasteiger partial charge is 0.191 e. The van der Waals surface area contributed by atoms with Crippen molar-refractivity contribution in [3.63, 3.8) is 0 Å². The molecule has 28 heavy (non-hydrogen) atoms. The lowest BCUT2D eigenvalue weighted by molar-refractivity contribution is 0.0169. The van der Waals surface area contributed by atoms with Crippen LogP contribution in [0.5, 0.6) is 0 Å². The fraction of sp³-hybridized carbons (Fsp3) is 0.955. The number of hydrogen-bond donors (Lipinski definition) is 2. The van der Waals surface area contributed by atoms with Crippen molar-refractivity contribution in [2.75, 3.05) is 52.7 Å². The second-order valence-electron chi connectivity index (χ2n) is 8.00. The highest BCUT2D eigenvalue weighted by molar-refractivity contribution is 5.79. The third kappa shape index (κ3) is 9.57. The summed E-state index contributed by atoms with van der Waals surface area (Å²) in [6.07, 6.45) is 10.1. The minimum absolute atomic E-state index is 0.390. The molecule has 0 spiro atoms. The third-order valence-electron chi connectivity index (χ3n) is 5.78. The molecular weight excluding hydrogens is 354 g/mol. The molecule has 0 bridgehead atoms. The van der Waals surface area contributed by atoms with Crippen LogP contribution in [-0.4, -0.2) is 64.7 Å². The van der Waals surface area contributed by atoms with Crippen molar-refractivity contribution in [3.8, 4) is 0 Å². The Morgan fingerprint density at radius 3 is 2.61 bits per heavy atom. The molecule has 1 heterocycles. The Labute approximate surface area is 172 Å². The highest BCUT2D eigenvalue weighted by Gasteiger charge is 2.25. The molecule has 1 aliphatic carbocycles. The monoisotopic (exact) mass is 397 g/mol. The number of guanidine groups is 1. The fourth-order valence-electron chi connectivity index (χ4n) is 4.19. The number of rotatable bonds is 13. The van der Waals surface area contributed by atoms with Gasteiger partial charge in [-0.15, -0.1) is 0 Å². The Hall–Kier alpha value is -0.850. The van der Waals surface area contributed by atoms with E-state index in [1.807, 2.05) is 0 Å². The zero-order valence-electron chi connectivity index (χ0n) is 18.2. The van der Waals surface area contributed by atoms with Crippen molar-refractivity contribution in [1.29, 1.82) is 0 Å². The SMILES string of the molecule is CCNC(=NCCCOCC1CCOCC1)NCCC(OCC)C1CCCC1. The van der Waals surface area contributed by atoms with Gasteiger partial charge in [0.25, 0.3) is 0 Å². The zero-order chi connectivity index (χ0) is 19.9. The van der Waals surface area contributed by atoms with E-state index < -0.39 is 0 Å². The molecule has 164 valence electrons. The Balaban J connectivity index is 1.59. The van der Waals surface area contributed by atoms with Crippen LogP contribution in [-0.2, 0) is 14.2 Å². The van der Waals surface area contributed by atoms with Gasteiger partial charge in [0.15, 0.2) is 5.96 Å². The molecule has 1 aliphatic heterocycles. The Bertz CT molecular complexity index is 408. The van der Waals surface area contributed by atoms with Gasteiger partial charge >= 0.3 is 0 Å². The van der Waals surface area contributed by atoms with Crippen molar-refractivity contribution in [2.24, 2.45) is 16.8 Å². The molecular formula is C22H43N3O3. The molecule has 1 saturated carbocycles. The molecule has 2 fully saturated rings. The number of hydrogen-bond acceptors (Lipinski definition) is 4. The molecule has 1 unspecified atom stereocenters. The average molecular weight is 398 g/mol. The topological polar surface area (TPSA) is 64.1 Å². The molecule has 0 aromatic heterocycles. The lowest BCUT2D eigenvalue weighted by Crippen LogP contribution is -2.39. The molecule has 0 amide bonds. The third-order valence-corrected chi connectivity index (χ3v) is 5.78. The summed E-state index contributed by atoms with van der Waals surface area (Å²) in [5.74, 6) is 2.33. The minimum atomic E-state index is 0.390. The first-order valence-corrected chi connectivity index (χ1v) is 11.6. The summed E-state index contributed by atoms with van der Waals surface area (Å²) in [6.45, 7) is 11.0. The van der Waals surface area contributed by atoms with E-state index in [0.29, 0.717) is 12.0 Å². The molecule has 2 N–H and O–H groups in total. The lowest BCUT2D eigenvalue weighted by atomic mass is 9.98. The largest absolute Gasteiger partial charge is 0.381 e. The highest BCUT2D eigenvalue weighted by Crippen LogP contribution is 2.30. The van der Waals surface area contributed by atoms with Crippen LogP contribution in [0.4, 0.5) is 0 Å². The van der Waals surface area contributed by atoms with E-state index >= 15 is 0 Å². The second kappa shape index (κ2) is 15.1. The van der Waals surface area contributed by atoms with Gasteiger partial charge in [-0.2, -0.15) is 0 Å². The summed E-state index contributed by atoms with van der Waals surface area (Å²) in [7, 11) is 0. The molecule has 0 aromatic rings. The molecule has 1 atom stereocenters. The first kappa shape index (κ1) is 23.4. The van der Waals surface area contributed by atoms with Crippen molar-refractivity contribution < 1.29 is 14.2 Å². The minimum Gasteiger partial charge on any atom is -0.381 e. The van der Waals surface area contributed by atoms with Gasteiger partial charge < -0.3 is 24.8 Å². The summed E-state index contributed by atoms with van der Waals surface area (Å²) < 4.78 is 17.2. The van der Waals surface area contributed by atoms with Crippen molar-refractivity contribution in [3.05, 3.63) is 0 Å². The van der Waals surface area contributed by atoms with Gasteiger partial charge in [0, 0.05) is 52.7 Å². The lowest BCUT2D eigenvalue weighted by Gasteiger charge is -2.24. The Kier molecular flexibility index (Phi) is 12.6. The first-order chi connectivity index (χ1) is 13.8. The predicted octanol–water partition coefficient (Wildman–Crippen LogP) is 3.36. The van der Waals surface area contributed by atoms with Crippen LogP contribution in [0, 0.1) is 11.8 Å². The summed E-state index contributed by atoms with van der Waals surface area (Å²) >= 11 is 0. The Morgan fingerprint density at radius 1 is 1.11 bits per heavy atom. The second-order valence-corrected chi connectivity index (χ2v) is 8.00. The highest BCUT2D eigenvalue weighted by atomic mass is 16.5. The maximum atomic E-state index is 6.02. The van der Waals surface area contributed by atoms with Gasteiger partial charge in [0.1, 0.15) is 0 Å². The van der Waals surface area contributed by atoms with Gasteiger partial charge in [0.05, 0.1) is 6.10 Å². The quantitative estimate of drug-likeness (QED) is 0.283. The average Bonchev–Trinajstić information content (AvgIpc) is 3.25. The van der Waals surface area contributed by atoms with Crippen LogP contribution in [0.2, 0.25) is 0 Å². The summed E-state index contributed by atoms with van der Waals surface area (Å²) in [6, 6.07) is 0. The van der Waals surface area contributed by atoms with Crippen molar-refractivity contribution in [1.82, 2.24) is 10.6 Å². The summed E-state index contributed by atoms with van der Waals surface area (Å²) in [5.41, 5.74) is 0. The molecule has 6 heteroatoms. The van der Waals surface area contributed by atoms with Gasteiger partial charge in [-0.3, -0.25) is 4.99 Å². The van der Waals surface area contributed by atoms with Gasteiger partial charge in [-0.05, 0) is 64.2 Å². The van der Waals surface area contributed by atoms with E-state index in [2.05, 4.69) is 24.5 Å². The van der Waals surface area contributed by atoms with Crippen molar-refractivity contribution in [2.45, 2.75) is 71.3 Å². The van der Waals surface area contributed by atoms with E-state index in [-0.39, 0.29) is 0 Å². The number of nitrogens with one attached hydrogen (secondary N) is 2. The molecule has 6 nitrogen and oxygen atoms in total. The maximum absolute atomic E-state index is 6.02. The van der Waals surface area contributed by atoms with E-state index in [0.717, 1.165) is 90.2 Å². The maximum Gasteiger partial charge on any atom is 0.191 e. The van der Waals surface area contributed by atoms with Crippen LogP contribution >= 0.6 is 0 Å². The molecule has 2 aliphatic rings. The zero-order valence-corrected chi connectivity index (χ0v) is 18.2. The predicted molar refractivity (Wildman–Crippen MR) is 115 cm³/mol. The van der Waals surface area contributed by atoms with Crippen LogP contribution in [0.25, 0.3) is 0 Å². The summed E-state index contributed by atoms with van der Waals surface area (Å²) in [4.78, 5) is 4.69. The van der Waals surface area contributed by atoms with Crippen LogP contribution < -0.4 is 10.6 Å². The van der Waals surface area contributed by atoms with Gasteiger partial charge in [-0.1, -0.05) is 12.8 Å². The summed E-state index contributed by atoms with van der Waals surface area (Å²) in [5, 5.41) is 6.82. The molecule has 0 aromatic carbocycles. The van der Waals surface area contributed by atoms with Crippen LogP contribution in [0.3, 0.4) is 0 Å². The van der Waals surface area contributed by atoms with Crippen LogP contribution in [0.1, 0.15) is 65.2 Å². The number of nitrogens with zero attached hydrogens (tertiary/aromatic N) is 1. The molecule has 1 saturated heterocycles.